The molecular weight excluding hydrogens is 470 g/mol. The number of aromatic nitrogens is 1. The van der Waals surface area contributed by atoms with Crippen LogP contribution in [0.5, 0.6) is 0 Å². The number of benzene rings is 1. The number of nitrogens with zero attached hydrogens (tertiary/aromatic N) is 1. The van der Waals surface area contributed by atoms with Crippen LogP contribution >= 0.6 is 0 Å². The number of fused-ring (bicyclic) bond motifs is 1. The van der Waals surface area contributed by atoms with Crippen LogP contribution in [0.1, 0.15) is 38.2 Å². The fraction of sp³-hybridized carbons (Fsp3) is 0.458. The summed E-state index contributed by atoms with van der Waals surface area (Å²) in [5.41, 5.74) is 7.48. The Bertz CT molecular complexity index is 1150. The van der Waals surface area contributed by atoms with Gasteiger partial charge >= 0.3 is 11.9 Å². The molecular formula is C24H31N5O7. The number of carboxylic acids is 2. The molecule has 0 aliphatic carbocycles. The summed E-state index contributed by atoms with van der Waals surface area (Å²) in [7, 11) is 0. The number of nitrogens with one attached hydrogen (secondary N) is 3. The van der Waals surface area contributed by atoms with Crippen molar-refractivity contribution in [3.63, 3.8) is 0 Å². The number of hydrogen-bond donors (Lipinski definition) is 6. The lowest BCUT2D eigenvalue weighted by Gasteiger charge is -2.29. The zero-order valence-corrected chi connectivity index (χ0v) is 19.9. The van der Waals surface area contributed by atoms with Crippen molar-refractivity contribution in [2.24, 2.45) is 5.73 Å². The van der Waals surface area contributed by atoms with Crippen molar-refractivity contribution < 1.29 is 34.2 Å². The highest BCUT2D eigenvalue weighted by molar-refractivity contribution is 5.95. The molecule has 12 nitrogen and oxygen atoms in total. The third kappa shape index (κ3) is 6.39. The molecule has 2 aromatic rings. The second-order valence-corrected chi connectivity index (χ2v) is 8.92. The molecule has 36 heavy (non-hydrogen) atoms. The van der Waals surface area contributed by atoms with Gasteiger partial charge in [-0.2, -0.15) is 0 Å². The van der Waals surface area contributed by atoms with E-state index in [4.69, 9.17) is 15.9 Å². The van der Waals surface area contributed by atoms with Gasteiger partial charge in [0.1, 0.15) is 18.1 Å². The molecule has 7 N–H and O–H groups in total. The third-order valence-corrected chi connectivity index (χ3v) is 6.29. The van der Waals surface area contributed by atoms with E-state index < -0.39 is 53.8 Å². The Morgan fingerprint density at radius 3 is 2.58 bits per heavy atom. The number of likely N-dealkylation sites (tertiary alicyclic amines) is 1. The van der Waals surface area contributed by atoms with E-state index in [9.17, 15) is 24.0 Å². The number of carbonyl (C=O) groups is 5. The van der Waals surface area contributed by atoms with E-state index >= 15 is 0 Å². The minimum atomic E-state index is -1.20. The first kappa shape index (κ1) is 26.7. The smallest absolute Gasteiger partial charge is 0.325 e. The summed E-state index contributed by atoms with van der Waals surface area (Å²) >= 11 is 0. The number of carboxylic acid groups (broad SMARTS) is 2. The lowest BCUT2D eigenvalue weighted by molar-refractivity contribution is -0.144. The summed E-state index contributed by atoms with van der Waals surface area (Å²) in [6, 6.07) is 3.27. The minimum Gasteiger partial charge on any atom is -0.481 e. The van der Waals surface area contributed by atoms with E-state index in [1.165, 1.54) is 11.8 Å². The Hall–Kier alpha value is -3.93. The average Bonchev–Trinajstić information content (AvgIpc) is 3.49. The number of rotatable bonds is 11. The SMILES string of the molecule is CC(NC(=O)C1CCCN1C(=O)C(Cc1c[nH]c2ccccc12)NC(=O)C(N)CCC(=O)O)C(=O)O. The van der Waals surface area contributed by atoms with E-state index in [0.29, 0.717) is 12.8 Å². The molecule has 0 spiro atoms. The van der Waals surface area contributed by atoms with Gasteiger partial charge in [-0.3, -0.25) is 24.0 Å². The van der Waals surface area contributed by atoms with Gasteiger partial charge in [-0.05, 0) is 37.8 Å². The highest BCUT2D eigenvalue weighted by Crippen LogP contribution is 2.23. The van der Waals surface area contributed by atoms with Crippen molar-refractivity contribution in [2.75, 3.05) is 6.54 Å². The van der Waals surface area contributed by atoms with Crippen molar-refractivity contribution in [1.29, 1.82) is 0 Å². The van der Waals surface area contributed by atoms with Crippen LogP contribution < -0.4 is 16.4 Å². The lowest BCUT2D eigenvalue weighted by atomic mass is 10.0. The van der Waals surface area contributed by atoms with Gasteiger partial charge in [0.25, 0.3) is 0 Å². The molecule has 1 aromatic heterocycles. The number of aliphatic carboxylic acids is 2. The van der Waals surface area contributed by atoms with Crippen LogP contribution in [-0.2, 0) is 30.4 Å². The Balaban J connectivity index is 1.82. The molecule has 194 valence electrons. The normalized spacial score (nSPS) is 17.8. The van der Waals surface area contributed by atoms with E-state index in [-0.39, 0.29) is 25.8 Å². The van der Waals surface area contributed by atoms with Crippen LogP contribution in [0.4, 0.5) is 0 Å². The predicted molar refractivity (Wildman–Crippen MR) is 129 cm³/mol. The van der Waals surface area contributed by atoms with Gasteiger partial charge in [-0.1, -0.05) is 18.2 Å². The Morgan fingerprint density at radius 2 is 1.89 bits per heavy atom. The summed E-state index contributed by atoms with van der Waals surface area (Å²) in [6.07, 6.45) is 2.34. The van der Waals surface area contributed by atoms with E-state index in [2.05, 4.69) is 15.6 Å². The van der Waals surface area contributed by atoms with Gasteiger partial charge in [0.05, 0.1) is 6.04 Å². The van der Waals surface area contributed by atoms with Gasteiger partial charge in [0, 0.05) is 36.5 Å². The van der Waals surface area contributed by atoms with E-state index in [1.807, 2.05) is 24.3 Å². The molecule has 4 unspecified atom stereocenters. The Kier molecular flexibility index (Phi) is 8.64. The number of amides is 3. The second-order valence-electron chi connectivity index (χ2n) is 8.92. The highest BCUT2D eigenvalue weighted by atomic mass is 16.4. The summed E-state index contributed by atoms with van der Waals surface area (Å²) in [6.45, 7) is 1.60. The maximum Gasteiger partial charge on any atom is 0.325 e. The van der Waals surface area contributed by atoms with Crippen LogP contribution in [0.3, 0.4) is 0 Å². The summed E-state index contributed by atoms with van der Waals surface area (Å²) in [5.74, 6) is -4.04. The molecule has 3 rings (SSSR count). The molecule has 1 aliphatic rings. The van der Waals surface area contributed by atoms with Gasteiger partial charge < -0.3 is 36.5 Å². The summed E-state index contributed by atoms with van der Waals surface area (Å²) in [5, 5.41) is 23.9. The van der Waals surface area contributed by atoms with Crippen molar-refractivity contribution in [1.82, 2.24) is 20.5 Å². The van der Waals surface area contributed by atoms with Crippen molar-refractivity contribution in [3.05, 3.63) is 36.0 Å². The zero-order valence-electron chi connectivity index (χ0n) is 19.9. The van der Waals surface area contributed by atoms with Gasteiger partial charge in [-0.25, -0.2) is 0 Å². The number of carbonyl (C=O) groups excluding carboxylic acids is 3. The molecule has 1 saturated heterocycles. The predicted octanol–water partition coefficient (Wildman–Crippen LogP) is -0.0324. The topological polar surface area (TPSA) is 195 Å². The van der Waals surface area contributed by atoms with Crippen LogP contribution in [0.15, 0.2) is 30.5 Å². The minimum absolute atomic E-state index is 0.100. The summed E-state index contributed by atoms with van der Waals surface area (Å²) < 4.78 is 0. The van der Waals surface area contributed by atoms with E-state index in [1.54, 1.807) is 6.20 Å². The molecule has 1 aliphatic heterocycles. The van der Waals surface area contributed by atoms with Gasteiger partial charge in [0.2, 0.25) is 17.7 Å². The number of nitrogens with two attached hydrogens (primary N) is 1. The standard InChI is InChI=1S/C24H31N5O7/c1-13(24(35)36)27-22(33)19-7-4-10-29(19)23(34)18(28-21(32)16(25)8-9-20(30)31)11-14-12-26-17-6-3-2-5-15(14)17/h2-3,5-6,12-13,16,18-19,26H,4,7-11,25H2,1H3,(H,27,33)(H,28,32)(H,30,31)(H,35,36). The third-order valence-electron chi connectivity index (χ3n) is 6.29. The van der Waals surface area contributed by atoms with Gasteiger partial charge in [-0.15, -0.1) is 0 Å². The van der Waals surface area contributed by atoms with Crippen molar-refractivity contribution >= 4 is 40.6 Å². The molecule has 1 fully saturated rings. The highest BCUT2D eigenvalue weighted by Gasteiger charge is 2.39. The fourth-order valence-electron chi connectivity index (χ4n) is 4.28. The first-order valence-electron chi connectivity index (χ1n) is 11.7. The molecule has 0 bridgehead atoms. The van der Waals surface area contributed by atoms with E-state index in [0.717, 1.165) is 16.5 Å². The van der Waals surface area contributed by atoms with Crippen molar-refractivity contribution in [2.45, 2.75) is 63.2 Å². The van der Waals surface area contributed by atoms with Crippen molar-refractivity contribution in [3.8, 4) is 0 Å². The molecule has 2 heterocycles. The fourth-order valence-corrected chi connectivity index (χ4v) is 4.28. The number of para-hydroxylation sites is 1. The second kappa shape index (κ2) is 11.7. The maximum absolute atomic E-state index is 13.6. The summed E-state index contributed by atoms with van der Waals surface area (Å²) in [4.78, 5) is 65.6. The average molecular weight is 502 g/mol. The Morgan fingerprint density at radius 1 is 1.17 bits per heavy atom. The van der Waals surface area contributed by atoms with Crippen LogP contribution in [-0.4, -0.2) is 80.5 Å². The molecule has 3 amide bonds. The lowest BCUT2D eigenvalue weighted by Crippen LogP contribution is -2.57. The van der Waals surface area contributed by atoms with Crippen LogP contribution in [0.2, 0.25) is 0 Å². The molecule has 0 saturated carbocycles. The number of H-pyrrole nitrogens is 1. The zero-order chi connectivity index (χ0) is 26.4. The van der Waals surface area contributed by atoms with Crippen LogP contribution in [0, 0.1) is 0 Å². The quantitative estimate of drug-likeness (QED) is 0.247. The number of aromatic amines is 1. The largest absolute Gasteiger partial charge is 0.481 e. The molecule has 0 radical (unpaired) electrons. The first-order chi connectivity index (χ1) is 17.1. The monoisotopic (exact) mass is 501 g/mol. The maximum atomic E-state index is 13.6. The molecule has 1 aromatic carbocycles. The Labute approximate surface area is 207 Å². The number of hydrogen-bond acceptors (Lipinski definition) is 6. The molecule has 4 atom stereocenters. The van der Waals surface area contributed by atoms with Gasteiger partial charge in [0.15, 0.2) is 0 Å². The molecule has 12 heteroatoms. The first-order valence-corrected chi connectivity index (χ1v) is 11.7. The van der Waals surface area contributed by atoms with Crippen LogP contribution in [0.25, 0.3) is 10.9 Å².